The minimum atomic E-state index is -1.07. The van der Waals surface area contributed by atoms with Gasteiger partial charge in [-0.2, -0.15) is 0 Å². The van der Waals surface area contributed by atoms with Gasteiger partial charge in [-0.1, -0.05) is 19.3 Å². The summed E-state index contributed by atoms with van der Waals surface area (Å²) in [7, 11) is 0. The minimum Gasteiger partial charge on any atom is -0.481 e. The number of piperazine rings is 1. The summed E-state index contributed by atoms with van der Waals surface area (Å²) in [6, 6.07) is -1.09. The van der Waals surface area contributed by atoms with E-state index in [1.165, 1.54) is 11.3 Å². The molecule has 0 radical (unpaired) electrons. The topological polar surface area (TPSA) is 89.9 Å². The Bertz CT molecular complexity index is 405. The van der Waals surface area contributed by atoms with Gasteiger partial charge in [0.2, 0.25) is 5.91 Å². The maximum Gasteiger partial charge on any atom is 0.320 e. The Morgan fingerprint density at radius 1 is 1.10 bits per heavy atom. The molecular formula is C14H23N3O4. The summed E-state index contributed by atoms with van der Waals surface area (Å²) < 4.78 is 0. The highest BCUT2D eigenvalue weighted by molar-refractivity contribution is 5.91. The molecule has 2 aliphatic rings. The van der Waals surface area contributed by atoms with Crippen LogP contribution in [-0.4, -0.2) is 65.0 Å². The van der Waals surface area contributed by atoms with Gasteiger partial charge < -0.3 is 20.2 Å². The fourth-order valence-electron chi connectivity index (χ4n) is 2.93. The zero-order chi connectivity index (χ0) is 15.2. The molecule has 7 nitrogen and oxygen atoms in total. The number of hydrogen-bond acceptors (Lipinski definition) is 3. The molecule has 7 heteroatoms. The first kappa shape index (κ1) is 15.6. The predicted molar refractivity (Wildman–Crippen MR) is 75.8 cm³/mol. The van der Waals surface area contributed by atoms with Crippen LogP contribution in [0.25, 0.3) is 0 Å². The molecule has 2 heterocycles. The third kappa shape index (κ3) is 4.09. The van der Waals surface area contributed by atoms with E-state index in [4.69, 9.17) is 5.11 Å². The number of likely N-dealkylation sites (tertiary alicyclic amines) is 1. The van der Waals surface area contributed by atoms with E-state index in [0.29, 0.717) is 26.2 Å². The second-order valence-electron chi connectivity index (χ2n) is 5.64. The fourth-order valence-corrected chi connectivity index (χ4v) is 2.93. The Kier molecular flexibility index (Phi) is 5.41. The van der Waals surface area contributed by atoms with E-state index in [2.05, 4.69) is 5.32 Å². The molecule has 2 aliphatic heterocycles. The maximum absolute atomic E-state index is 12.6. The van der Waals surface area contributed by atoms with Gasteiger partial charge in [0, 0.05) is 26.2 Å². The van der Waals surface area contributed by atoms with Crippen LogP contribution in [0.3, 0.4) is 0 Å². The molecule has 0 saturated carbocycles. The second kappa shape index (κ2) is 7.28. The van der Waals surface area contributed by atoms with E-state index in [9.17, 15) is 14.4 Å². The van der Waals surface area contributed by atoms with Crippen molar-refractivity contribution in [3.05, 3.63) is 0 Å². The van der Waals surface area contributed by atoms with Crippen molar-refractivity contribution in [3.63, 3.8) is 0 Å². The van der Waals surface area contributed by atoms with Crippen LogP contribution in [0.4, 0.5) is 4.79 Å². The molecule has 1 unspecified atom stereocenters. The summed E-state index contributed by atoms with van der Waals surface area (Å²) in [4.78, 5) is 38.6. The first-order valence-corrected chi connectivity index (χ1v) is 7.64. The molecular weight excluding hydrogens is 274 g/mol. The molecule has 0 aliphatic carbocycles. The first-order valence-electron chi connectivity index (χ1n) is 7.64. The molecule has 2 saturated heterocycles. The van der Waals surface area contributed by atoms with Crippen LogP contribution in [0.1, 0.15) is 38.5 Å². The summed E-state index contributed by atoms with van der Waals surface area (Å²) in [5.41, 5.74) is 0. The van der Waals surface area contributed by atoms with Crippen LogP contribution in [0.15, 0.2) is 0 Å². The SMILES string of the molecule is O=C(O)CC1C(=O)NCCN1C(=O)N1CCCCCCC1. The Morgan fingerprint density at radius 2 is 1.71 bits per heavy atom. The van der Waals surface area contributed by atoms with Gasteiger partial charge >= 0.3 is 12.0 Å². The summed E-state index contributed by atoms with van der Waals surface area (Å²) in [6.45, 7) is 2.14. The van der Waals surface area contributed by atoms with Crippen molar-refractivity contribution in [1.29, 1.82) is 0 Å². The number of carboxylic acids is 1. The van der Waals surface area contributed by atoms with Gasteiger partial charge in [0.15, 0.2) is 0 Å². The lowest BCUT2D eigenvalue weighted by atomic mass is 10.1. The van der Waals surface area contributed by atoms with E-state index >= 15 is 0 Å². The van der Waals surface area contributed by atoms with Crippen molar-refractivity contribution in [2.75, 3.05) is 26.2 Å². The molecule has 2 rings (SSSR count). The number of carboxylic acid groups (broad SMARTS) is 1. The van der Waals surface area contributed by atoms with E-state index < -0.39 is 12.0 Å². The fraction of sp³-hybridized carbons (Fsp3) is 0.786. The third-order valence-corrected chi connectivity index (χ3v) is 4.07. The van der Waals surface area contributed by atoms with Gasteiger partial charge in [-0.3, -0.25) is 9.59 Å². The highest BCUT2D eigenvalue weighted by Crippen LogP contribution is 2.16. The maximum atomic E-state index is 12.6. The van der Waals surface area contributed by atoms with Gasteiger partial charge in [-0.15, -0.1) is 0 Å². The highest BCUT2D eigenvalue weighted by atomic mass is 16.4. The van der Waals surface area contributed by atoms with Gasteiger partial charge in [0.1, 0.15) is 6.04 Å². The molecule has 0 aromatic heterocycles. The zero-order valence-electron chi connectivity index (χ0n) is 12.2. The summed E-state index contributed by atoms with van der Waals surface area (Å²) in [5, 5.41) is 11.6. The molecule has 3 amide bonds. The smallest absolute Gasteiger partial charge is 0.320 e. The van der Waals surface area contributed by atoms with Crippen LogP contribution >= 0.6 is 0 Å². The molecule has 0 spiro atoms. The minimum absolute atomic E-state index is 0.196. The summed E-state index contributed by atoms with van der Waals surface area (Å²) in [6.07, 6.45) is 5.03. The van der Waals surface area contributed by atoms with Gasteiger partial charge in [0.05, 0.1) is 6.42 Å². The van der Waals surface area contributed by atoms with Crippen LogP contribution in [0, 0.1) is 0 Å². The Balaban J connectivity index is 2.06. The average molecular weight is 297 g/mol. The van der Waals surface area contributed by atoms with Crippen molar-refractivity contribution in [2.45, 2.75) is 44.6 Å². The molecule has 21 heavy (non-hydrogen) atoms. The number of carbonyl (C=O) groups is 3. The van der Waals surface area contributed by atoms with Crippen molar-refractivity contribution >= 4 is 17.9 Å². The number of rotatable bonds is 2. The number of aliphatic carboxylic acids is 1. The van der Waals surface area contributed by atoms with E-state index in [-0.39, 0.29) is 18.4 Å². The molecule has 2 fully saturated rings. The first-order chi connectivity index (χ1) is 10.1. The molecule has 0 aromatic rings. The Morgan fingerprint density at radius 3 is 2.33 bits per heavy atom. The molecule has 0 aromatic carbocycles. The van der Waals surface area contributed by atoms with Crippen molar-refractivity contribution in [1.82, 2.24) is 15.1 Å². The quantitative estimate of drug-likeness (QED) is 0.783. The van der Waals surface area contributed by atoms with Gasteiger partial charge in [0.25, 0.3) is 0 Å². The lowest BCUT2D eigenvalue weighted by Crippen LogP contribution is -2.60. The van der Waals surface area contributed by atoms with Crippen LogP contribution < -0.4 is 5.32 Å². The number of nitrogens with zero attached hydrogens (tertiary/aromatic N) is 2. The monoisotopic (exact) mass is 297 g/mol. The highest BCUT2D eigenvalue weighted by Gasteiger charge is 2.36. The average Bonchev–Trinajstić information content (AvgIpc) is 2.39. The van der Waals surface area contributed by atoms with Gasteiger partial charge in [-0.05, 0) is 12.8 Å². The van der Waals surface area contributed by atoms with Crippen LogP contribution in [0.2, 0.25) is 0 Å². The van der Waals surface area contributed by atoms with Crippen molar-refractivity contribution < 1.29 is 19.5 Å². The molecule has 118 valence electrons. The van der Waals surface area contributed by atoms with Crippen LogP contribution in [0.5, 0.6) is 0 Å². The number of amides is 3. The molecule has 0 bridgehead atoms. The van der Waals surface area contributed by atoms with Gasteiger partial charge in [-0.25, -0.2) is 4.79 Å². The van der Waals surface area contributed by atoms with Crippen molar-refractivity contribution in [3.8, 4) is 0 Å². The van der Waals surface area contributed by atoms with E-state index in [0.717, 1.165) is 25.7 Å². The van der Waals surface area contributed by atoms with Crippen molar-refractivity contribution in [2.24, 2.45) is 0 Å². The standard InChI is InChI=1S/C14H23N3O4/c18-12(19)10-11-13(20)15-6-9-17(11)14(21)16-7-4-2-1-3-5-8-16/h11H,1-10H2,(H,15,20)(H,18,19). The molecule has 1 atom stereocenters. The number of hydrogen-bond donors (Lipinski definition) is 2. The number of urea groups is 1. The van der Waals surface area contributed by atoms with E-state index in [1.54, 1.807) is 4.90 Å². The second-order valence-corrected chi connectivity index (χ2v) is 5.64. The number of nitrogens with one attached hydrogen (secondary N) is 1. The summed E-state index contributed by atoms with van der Waals surface area (Å²) in [5.74, 6) is -1.44. The predicted octanol–water partition coefficient (Wildman–Crippen LogP) is 0.648. The lowest BCUT2D eigenvalue weighted by Gasteiger charge is -2.38. The zero-order valence-corrected chi connectivity index (χ0v) is 12.2. The van der Waals surface area contributed by atoms with Crippen LogP contribution in [-0.2, 0) is 9.59 Å². The molecule has 2 N–H and O–H groups in total. The Hall–Kier alpha value is -1.79. The lowest BCUT2D eigenvalue weighted by molar-refractivity contribution is -0.142. The largest absolute Gasteiger partial charge is 0.481 e. The number of carbonyl (C=O) groups excluding carboxylic acids is 2. The summed E-state index contributed by atoms with van der Waals surface area (Å²) >= 11 is 0. The Labute approximate surface area is 124 Å². The van der Waals surface area contributed by atoms with E-state index in [1.807, 2.05) is 0 Å². The normalized spacial score (nSPS) is 24.0. The third-order valence-electron chi connectivity index (χ3n) is 4.07.